The molecule has 88 valence electrons. The van der Waals surface area contributed by atoms with E-state index in [4.69, 9.17) is 0 Å². The van der Waals surface area contributed by atoms with Gasteiger partial charge in [-0.3, -0.25) is 4.68 Å². The highest BCUT2D eigenvalue weighted by atomic mass is 15.2. The summed E-state index contributed by atoms with van der Waals surface area (Å²) < 4.78 is 1.83. The Morgan fingerprint density at radius 2 is 2.00 bits per heavy atom. The molecule has 0 fully saturated rings. The molecule has 2 nitrogen and oxygen atoms in total. The van der Waals surface area contributed by atoms with Crippen LogP contribution >= 0.6 is 0 Å². The third kappa shape index (κ3) is 3.09. The van der Waals surface area contributed by atoms with Crippen molar-refractivity contribution in [3.05, 3.63) is 35.7 Å². The molecule has 0 spiro atoms. The van der Waals surface area contributed by atoms with E-state index in [1.807, 2.05) is 24.1 Å². The van der Waals surface area contributed by atoms with Crippen LogP contribution < -0.4 is 0 Å². The van der Waals surface area contributed by atoms with E-state index in [1.165, 1.54) is 16.7 Å². The lowest BCUT2D eigenvalue weighted by atomic mass is 9.86. The molecular weight excluding hydrogens is 196 g/mol. The lowest BCUT2D eigenvalue weighted by molar-refractivity contribution is 0.504. The first kappa shape index (κ1) is 12.8. The first-order valence-electron chi connectivity index (χ1n) is 5.68. The zero-order valence-corrected chi connectivity index (χ0v) is 11.2. The molecule has 0 saturated heterocycles. The molecular formula is C14H22N2. The molecule has 0 bridgehead atoms. The SMILES string of the molecule is C/C=C(\C=C(/C)C(C)(C)C)c1cnn(C)c1. The first-order chi connectivity index (χ1) is 7.34. The molecule has 1 aromatic heterocycles. The average Bonchev–Trinajstić information content (AvgIpc) is 2.59. The maximum absolute atomic E-state index is 4.20. The maximum atomic E-state index is 4.20. The molecule has 0 aliphatic heterocycles. The second-order valence-electron chi connectivity index (χ2n) is 5.22. The summed E-state index contributed by atoms with van der Waals surface area (Å²) in [7, 11) is 1.94. The van der Waals surface area contributed by atoms with Gasteiger partial charge in [0, 0.05) is 18.8 Å². The summed E-state index contributed by atoms with van der Waals surface area (Å²) in [6.45, 7) is 10.9. The smallest absolute Gasteiger partial charge is 0.0568 e. The Morgan fingerprint density at radius 3 is 2.38 bits per heavy atom. The summed E-state index contributed by atoms with van der Waals surface area (Å²) in [5, 5.41) is 4.20. The molecule has 0 unspecified atom stereocenters. The Morgan fingerprint density at radius 1 is 1.38 bits per heavy atom. The lowest BCUT2D eigenvalue weighted by Gasteiger charge is -2.19. The second-order valence-corrected chi connectivity index (χ2v) is 5.22. The topological polar surface area (TPSA) is 17.8 Å². The van der Waals surface area contributed by atoms with E-state index >= 15 is 0 Å². The summed E-state index contributed by atoms with van der Waals surface area (Å²) >= 11 is 0. The van der Waals surface area contributed by atoms with Crippen LogP contribution in [0.2, 0.25) is 0 Å². The largest absolute Gasteiger partial charge is 0.275 e. The molecule has 0 aliphatic carbocycles. The third-order valence-electron chi connectivity index (χ3n) is 2.90. The third-order valence-corrected chi connectivity index (χ3v) is 2.90. The number of allylic oxidation sites excluding steroid dienone is 4. The fraction of sp³-hybridized carbons (Fsp3) is 0.500. The van der Waals surface area contributed by atoms with Gasteiger partial charge in [-0.1, -0.05) is 38.5 Å². The lowest BCUT2D eigenvalue weighted by Crippen LogP contribution is -2.06. The van der Waals surface area contributed by atoms with E-state index in [-0.39, 0.29) is 5.41 Å². The van der Waals surface area contributed by atoms with Crippen molar-refractivity contribution >= 4 is 5.57 Å². The molecule has 1 heterocycles. The minimum atomic E-state index is 0.219. The molecule has 1 aromatic rings. The van der Waals surface area contributed by atoms with E-state index in [0.717, 1.165) is 0 Å². The minimum Gasteiger partial charge on any atom is -0.275 e. The van der Waals surface area contributed by atoms with Gasteiger partial charge in [0.15, 0.2) is 0 Å². The van der Waals surface area contributed by atoms with Crippen LogP contribution in [0.25, 0.3) is 5.57 Å². The number of aryl methyl sites for hydroxylation is 1. The highest BCUT2D eigenvalue weighted by Gasteiger charge is 2.13. The van der Waals surface area contributed by atoms with Gasteiger partial charge in [-0.2, -0.15) is 5.10 Å². The summed E-state index contributed by atoms with van der Waals surface area (Å²) in [6.07, 6.45) is 8.33. The number of hydrogen-bond donors (Lipinski definition) is 0. The molecule has 16 heavy (non-hydrogen) atoms. The van der Waals surface area contributed by atoms with Crippen LogP contribution in [0, 0.1) is 5.41 Å². The summed E-state index contributed by atoms with van der Waals surface area (Å²) in [5.41, 5.74) is 4.01. The monoisotopic (exact) mass is 218 g/mol. The van der Waals surface area contributed by atoms with E-state index < -0.39 is 0 Å². The Balaban J connectivity index is 3.03. The van der Waals surface area contributed by atoms with Crippen molar-refractivity contribution in [2.75, 3.05) is 0 Å². The quantitative estimate of drug-likeness (QED) is 0.690. The predicted octanol–water partition coefficient (Wildman–Crippen LogP) is 3.82. The fourth-order valence-electron chi connectivity index (χ4n) is 1.35. The molecule has 0 aliphatic rings. The van der Waals surface area contributed by atoms with Crippen molar-refractivity contribution in [2.24, 2.45) is 12.5 Å². The van der Waals surface area contributed by atoms with Gasteiger partial charge in [-0.05, 0) is 24.8 Å². The number of aromatic nitrogens is 2. The Hall–Kier alpha value is -1.31. The van der Waals surface area contributed by atoms with Gasteiger partial charge >= 0.3 is 0 Å². The van der Waals surface area contributed by atoms with Gasteiger partial charge in [0.2, 0.25) is 0 Å². The maximum Gasteiger partial charge on any atom is 0.0568 e. The van der Waals surface area contributed by atoms with Gasteiger partial charge < -0.3 is 0 Å². The van der Waals surface area contributed by atoms with Crippen LogP contribution in [0.4, 0.5) is 0 Å². The molecule has 0 radical (unpaired) electrons. The van der Waals surface area contributed by atoms with Gasteiger partial charge in [0.05, 0.1) is 6.20 Å². The average molecular weight is 218 g/mol. The van der Waals surface area contributed by atoms with Crippen molar-refractivity contribution in [1.82, 2.24) is 9.78 Å². The summed E-state index contributed by atoms with van der Waals surface area (Å²) in [4.78, 5) is 0. The Labute approximate surface area is 98.7 Å². The van der Waals surface area contributed by atoms with E-state index in [9.17, 15) is 0 Å². The van der Waals surface area contributed by atoms with Gasteiger partial charge in [-0.25, -0.2) is 0 Å². The van der Waals surface area contributed by atoms with Crippen LogP contribution in [0.3, 0.4) is 0 Å². The molecule has 2 heteroatoms. The normalized spacial score (nSPS) is 14.4. The molecule has 0 saturated carbocycles. The summed E-state index contributed by atoms with van der Waals surface area (Å²) in [6, 6.07) is 0. The molecule has 0 N–H and O–H groups in total. The van der Waals surface area contributed by atoms with E-state index in [1.54, 1.807) is 0 Å². The zero-order valence-electron chi connectivity index (χ0n) is 11.2. The zero-order chi connectivity index (χ0) is 12.3. The first-order valence-corrected chi connectivity index (χ1v) is 5.68. The van der Waals surface area contributed by atoms with Gasteiger partial charge in [0.1, 0.15) is 0 Å². The molecule has 0 aromatic carbocycles. The highest BCUT2D eigenvalue weighted by molar-refractivity contribution is 5.73. The van der Waals surface area contributed by atoms with Gasteiger partial charge in [0.25, 0.3) is 0 Å². The van der Waals surface area contributed by atoms with Gasteiger partial charge in [-0.15, -0.1) is 0 Å². The fourth-order valence-corrected chi connectivity index (χ4v) is 1.35. The van der Waals surface area contributed by atoms with E-state index in [0.29, 0.717) is 0 Å². The standard InChI is InChI=1S/C14H22N2/c1-7-12(8-11(2)14(3,4)5)13-9-15-16(6)10-13/h7-10H,1-6H3/b11-8+,12-7+. The van der Waals surface area contributed by atoms with Crippen LogP contribution in [0.1, 0.15) is 40.2 Å². The van der Waals surface area contributed by atoms with Crippen LogP contribution in [-0.4, -0.2) is 9.78 Å². The van der Waals surface area contributed by atoms with Crippen LogP contribution in [-0.2, 0) is 7.05 Å². The predicted molar refractivity (Wildman–Crippen MR) is 70.1 cm³/mol. The number of rotatable bonds is 2. The van der Waals surface area contributed by atoms with Crippen molar-refractivity contribution < 1.29 is 0 Å². The Kier molecular flexibility index (Phi) is 3.74. The van der Waals surface area contributed by atoms with E-state index in [2.05, 4.69) is 51.9 Å². The van der Waals surface area contributed by atoms with Crippen molar-refractivity contribution in [2.45, 2.75) is 34.6 Å². The van der Waals surface area contributed by atoms with Crippen molar-refractivity contribution in [3.63, 3.8) is 0 Å². The molecule has 0 amide bonds. The number of hydrogen-bond acceptors (Lipinski definition) is 1. The highest BCUT2D eigenvalue weighted by Crippen LogP contribution is 2.28. The minimum absolute atomic E-state index is 0.219. The summed E-state index contributed by atoms with van der Waals surface area (Å²) in [5.74, 6) is 0. The van der Waals surface area contributed by atoms with Crippen LogP contribution in [0.15, 0.2) is 30.1 Å². The second kappa shape index (κ2) is 4.69. The molecule has 0 atom stereocenters. The van der Waals surface area contributed by atoms with Crippen molar-refractivity contribution in [3.8, 4) is 0 Å². The number of nitrogens with zero attached hydrogens (tertiary/aromatic N) is 2. The Bertz CT molecular complexity index is 414. The van der Waals surface area contributed by atoms with Crippen LogP contribution in [0.5, 0.6) is 0 Å². The van der Waals surface area contributed by atoms with Crippen molar-refractivity contribution in [1.29, 1.82) is 0 Å². The molecule has 1 rings (SSSR count).